The molecule has 1 unspecified atom stereocenters. The molecular formula is C14H21N3O2. The maximum Gasteiger partial charge on any atom is 0.272 e. The lowest BCUT2D eigenvalue weighted by molar-refractivity contribution is 0.0437. The molecule has 1 aliphatic heterocycles. The molecule has 1 aromatic rings. The second kappa shape index (κ2) is 5.57. The van der Waals surface area contributed by atoms with Gasteiger partial charge in [-0.1, -0.05) is 0 Å². The summed E-state index contributed by atoms with van der Waals surface area (Å²) >= 11 is 0. The largest absolute Gasteiger partial charge is 0.390 e. The van der Waals surface area contributed by atoms with Crippen LogP contribution in [0.5, 0.6) is 0 Å². The average Bonchev–Trinajstić information content (AvgIpc) is 2.59. The zero-order valence-electron chi connectivity index (χ0n) is 11.5. The third-order valence-corrected chi connectivity index (χ3v) is 3.62. The van der Waals surface area contributed by atoms with Gasteiger partial charge in [0, 0.05) is 32.0 Å². The quantitative estimate of drug-likeness (QED) is 0.848. The van der Waals surface area contributed by atoms with E-state index in [4.69, 9.17) is 0 Å². The third-order valence-electron chi connectivity index (χ3n) is 3.62. The van der Waals surface area contributed by atoms with E-state index in [0.29, 0.717) is 25.2 Å². The summed E-state index contributed by atoms with van der Waals surface area (Å²) in [5.74, 6) is -0.0604. The molecule has 0 aromatic carbocycles. The molecule has 1 saturated heterocycles. The fraction of sp³-hybridized carbons (Fsp3) is 0.571. The van der Waals surface area contributed by atoms with Gasteiger partial charge in [-0.3, -0.25) is 9.78 Å². The van der Waals surface area contributed by atoms with Crippen molar-refractivity contribution in [2.75, 3.05) is 25.5 Å². The number of likely N-dealkylation sites (tertiary alicyclic amines) is 1. The van der Waals surface area contributed by atoms with Crippen molar-refractivity contribution in [3.63, 3.8) is 0 Å². The van der Waals surface area contributed by atoms with Gasteiger partial charge in [0.05, 0.1) is 5.60 Å². The van der Waals surface area contributed by atoms with Crippen molar-refractivity contribution in [2.45, 2.75) is 31.8 Å². The topological polar surface area (TPSA) is 65.5 Å². The highest BCUT2D eigenvalue weighted by Gasteiger charge is 2.27. The first-order chi connectivity index (χ1) is 9.02. The Balaban J connectivity index is 2.10. The number of aromatic nitrogens is 1. The van der Waals surface area contributed by atoms with Crippen LogP contribution in [-0.4, -0.2) is 46.6 Å². The summed E-state index contributed by atoms with van der Waals surface area (Å²) in [6, 6.07) is 3.58. The molecular weight excluding hydrogens is 242 g/mol. The Morgan fingerprint density at radius 1 is 1.47 bits per heavy atom. The summed E-state index contributed by atoms with van der Waals surface area (Å²) in [6.45, 7) is 3.10. The van der Waals surface area contributed by atoms with Gasteiger partial charge in [0.15, 0.2) is 0 Å². The smallest absolute Gasteiger partial charge is 0.272 e. The number of carbonyl (C=O) groups excluding carboxylic acids is 1. The summed E-state index contributed by atoms with van der Waals surface area (Å²) in [4.78, 5) is 18.3. The monoisotopic (exact) mass is 263 g/mol. The van der Waals surface area contributed by atoms with E-state index in [1.54, 1.807) is 17.2 Å². The Kier molecular flexibility index (Phi) is 4.04. The highest BCUT2D eigenvalue weighted by molar-refractivity contribution is 5.93. The van der Waals surface area contributed by atoms with Gasteiger partial charge in [-0.05, 0) is 38.3 Å². The number of nitrogens with one attached hydrogen (secondary N) is 1. The molecule has 19 heavy (non-hydrogen) atoms. The van der Waals surface area contributed by atoms with Gasteiger partial charge in [-0.15, -0.1) is 0 Å². The number of nitrogens with zero attached hydrogens (tertiary/aromatic N) is 2. The molecule has 0 bridgehead atoms. The summed E-state index contributed by atoms with van der Waals surface area (Å²) in [5.41, 5.74) is 0.670. The van der Waals surface area contributed by atoms with Crippen molar-refractivity contribution in [3.8, 4) is 0 Å². The van der Waals surface area contributed by atoms with Crippen molar-refractivity contribution in [2.24, 2.45) is 0 Å². The SMILES string of the molecule is CNc1ccnc(C(=O)N2CCCC(C)(O)CC2)c1. The Morgan fingerprint density at radius 2 is 2.26 bits per heavy atom. The molecule has 5 heteroatoms. The fourth-order valence-corrected chi connectivity index (χ4v) is 2.33. The van der Waals surface area contributed by atoms with E-state index < -0.39 is 5.60 Å². The molecule has 2 rings (SSSR count). The maximum atomic E-state index is 12.4. The number of pyridine rings is 1. The molecule has 5 nitrogen and oxygen atoms in total. The maximum absolute atomic E-state index is 12.4. The minimum Gasteiger partial charge on any atom is -0.390 e. The summed E-state index contributed by atoms with van der Waals surface area (Å²) in [6.07, 6.45) is 3.81. The number of anilines is 1. The van der Waals surface area contributed by atoms with Crippen LogP contribution in [0.1, 0.15) is 36.7 Å². The van der Waals surface area contributed by atoms with Gasteiger partial charge in [0.1, 0.15) is 5.69 Å². The molecule has 0 spiro atoms. The van der Waals surface area contributed by atoms with Crippen LogP contribution in [0.25, 0.3) is 0 Å². The van der Waals surface area contributed by atoms with Crippen LogP contribution in [0.4, 0.5) is 5.69 Å². The number of hydrogen-bond acceptors (Lipinski definition) is 4. The molecule has 0 radical (unpaired) electrons. The minimum atomic E-state index is -0.657. The number of rotatable bonds is 2. The molecule has 1 aliphatic rings. The Morgan fingerprint density at radius 3 is 3.00 bits per heavy atom. The number of aliphatic hydroxyl groups is 1. The number of hydrogen-bond donors (Lipinski definition) is 2. The van der Waals surface area contributed by atoms with Crippen LogP contribution in [0.15, 0.2) is 18.3 Å². The van der Waals surface area contributed by atoms with E-state index in [9.17, 15) is 9.90 Å². The van der Waals surface area contributed by atoms with Crippen molar-refractivity contribution < 1.29 is 9.90 Å². The van der Waals surface area contributed by atoms with E-state index in [1.807, 2.05) is 20.0 Å². The predicted molar refractivity (Wildman–Crippen MR) is 74.2 cm³/mol. The lowest BCUT2D eigenvalue weighted by Gasteiger charge is -2.22. The second-order valence-corrected chi connectivity index (χ2v) is 5.32. The van der Waals surface area contributed by atoms with Gasteiger partial charge in [-0.25, -0.2) is 0 Å². The Hall–Kier alpha value is -1.62. The van der Waals surface area contributed by atoms with Gasteiger partial charge in [0.2, 0.25) is 0 Å². The Bertz CT molecular complexity index is 460. The molecule has 1 fully saturated rings. The van der Waals surface area contributed by atoms with Crippen LogP contribution in [0, 0.1) is 0 Å². The van der Waals surface area contributed by atoms with E-state index >= 15 is 0 Å². The van der Waals surface area contributed by atoms with E-state index in [2.05, 4.69) is 10.3 Å². The van der Waals surface area contributed by atoms with Crippen molar-refractivity contribution in [3.05, 3.63) is 24.0 Å². The number of carbonyl (C=O) groups is 1. The van der Waals surface area contributed by atoms with Crippen LogP contribution in [-0.2, 0) is 0 Å². The van der Waals surface area contributed by atoms with Crippen LogP contribution in [0.3, 0.4) is 0 Å². The van der Waals surface area contributed by atoms with Crippen LogP contribution in [0.2, 0.25) is 0 Å². The first-order valence-electron chi connectivity index (χ1n) is 6.67. The van der Waals surface area contributed by atoms with Crippen LogP contribution >= 0.6 is 0 Å². The highest BCUT2D eigenvalue weighted by Crippen LogP contribution is 2.22. The van der Waals surface area contributed by atoms with Crippen molar-refractivity contribution in [1.29, 1.82) is 0 Å². The fourth-order valence-electron chi connectivity index (χ4n) is 2.33. The average molecular weight is 263 g/mol. The van der Waals surface area contributed by atoms with E-state index in [0.717, 1.165) is 18.5 Å². The lowest BCUT2D eigenvalue weighted by atomic mass is 9.98. The van der Waals surface area contributed by atoms with Crippen molar-refractivity contribution >= 4 is 11.6 Å². The Labute approximate surface area is 113 Å². The summed E-state index contributed by atoms with van der Waals surface area (Å²) < 4.78 is 0. The molecule has 2 heterocycles. The molecule has 1 aromatic heterocycles. The molecule has 0 aliphatic carbocycles. The van der Waals surface area contributed by atoms with Gasteiger partial charge < -0.3 is 15.3 Å². The summed E-state index contributed by atoms with van der Waals surface area (Å²) in [5, 5.41) is 13.0. The summed E-state index contributed by atoms with van der Waals surface area (Å²) in [7, 11) is 1.81. The zero-order chi connectivity index (χ0) is 13.9. The third kappa shape index (κ3) is 3.44. The second-order valence-electron chi connectivity index (χ2n) is 5.32. The molecule has 2 N–H and O–H groups in total. The standard InChI is InChI=1S/C14H21N3O2/c1-14(19)5-3-8-17(9-6-14)13(18)12-10-11(15-2)4-7-16-12/h4,7,10,19H,3,5-6,8-9H2,1-2H3,(H,15,16). The van der Waals surface area contributed by atoms with Gasteiger partial charge in [0.25, 0.3) is 5.91 Å². The molecule has 1 atom stereocenters. The normalized spacial score (nSPS) is 23.8. The molecule has 0 saturated carbocycles. The first-order valence-corrected chi connectivity index (χ1v) is 6.67. The van der Waals surface area contributed by atoms with E-state index in [1.165, 1.54) is 0 Å². The first kappa shape index (κ1) is 13.8. The lowest BCUT2D eigenvalue weighted by Crippen LogP contribution is -2.34. The zero-order valence-corrected chi connectivity index (χ0v) is 11.5. The molecule has 104 valence electrons. The highest BCUT2D eigenvalue weighted by atomic mass is 16.3. The van der Waals surface area contributed by atoms with Gasteiger partial charge in [-0.2, -0.15) is 0 Å². The van der Waals surface area contributed by atoms with Crippen LogP contribution < -0.4 is 5.32 Å². The number of amides is 1. The van der Waals surface area contributed by atoms with E-state index in [-0.39, 0.29) is 5.91 Å². The van der Waals surface area contributed by atoms with Gasteiger partial charge >= 0.3 is 0 Å². The predicted octanol–water partition coefficient (Wildman–Crippen LogP) is 1.50. The minimum absolute atomic E-state index is 0.0604. The van der Waals surface area contributed by atoms with Crippen molar-refractivity contribution in [1.82, 2.24) is 9.88 Å². The molecule has 1 amide bonds.